The predicted octanol–water partition coefficient (Wildman–Crippen LogP) is 5.02. The zero-order valence-electron chi connectivity index (χ0n) is 13.0. The van der Waals surface area contributed by atoms with Crippen LogP contribution in [-0.2, 0) is 13.2 Å². The van der Waals surface area contributed by atoms with Crippen molar-refractivity contribution in [3.63, 3.8) is 0 Å². The maximum absolute atomic E-state index is 6.18. The molecule has 114 valence electrons. The minimum atomic E-state index is 0.606. The second-order valence-corrected chi connectivity index (χ2v) is 6.95. The van der Waals surface area contributed by atoms with Crippen molar-refractivity contribution >= 4 is 22.9 Å². The van der Waals surface area contributed by atoms with Gasteiger partial charge in [-0.25, -0.2) is 0 Å². The molecule has 1 aromatic carbocycles. The Bertz CT molecular complexity index is 598. The first-order valence-corrected chi connectivity index (χ1v) is 8.39. The van der Waals surface area contributed by atoms with Crippen LogP contribution in [0.25, 0.3) is 0 Å². The smallest absolute Gasteiger partial charge is 0.120 e. The highest BCUT2D eigenvalue weighted by Crippen LogP contribution is 2.28. The second kappa shape index (κ2) is 7.30. The van der Waals surface area contributed by atoms with E-state index in [1.807, 2.05) is 37.3 Å². The number of hydrogen-bond acceptors (Lipinski definition) is 3. The summed E-state index contributed by atoms with van der Waals surface area (Å²) >= 11 is 8.02. The largest absolute Gasteiger partial charge is 0.489 e. The van der Waals surface area contributed by atoms with Crippen LogP contribution in [0, 0.1) is 20.8 Å². The van der Waals surface area contributed by atoms with Gasteiger partial charge >= 0.3 is 0 Å². The lowest BCUT2D eigenvalue weighted by Crippen LogP contribution is -2.10. The lowest BCUT2D eigenvalue weighted by Gasteiger charge is -2.09. The van der Waals surface area contributed by atoms with Crippen LogP contribution in [0.15, 0.2) is 18.2 Å². The fourth-order valence-electron chi connectivity index (χ4n) is 2.22. The third-order valence-corrected chi connectivity index (χ3v) is 5.11. The van der Waals surface area contributed by atoms with Crippen LogP contribution in [0.5, 0.6) is 5.75 Å². The molecule has 0 aliphatic heterocycles. The number of aryl methyl sites for hydroxylation is 3. The Morgan fingerprint density at radius 3 is 2.43 bits per heavy atom. The maximum atomic E-state index is 6.18. The molecule has 1 heterocycles. The van der Waals surface area contributed by atoms with Crippen molar-refractivity contribution in [3.8, 4) is 5.75 Å². The molecule has 0 aliphatic carbocycles. The molecule has 0 spiro atoms. The lowest BCUT2D eigenvalue weighted by molar-refractivity contribution is 0.305. The third-order valence-electron chi connectivity index (χ3n) is 3.43. The van der Waals surface area contributed by atoms with E-state index < -0.39 is 0 Å². The summed E-state index contributed by atoms with van der Waals surface area (Å²) in [5, 5.41) is 4.18. The van der Waals surface area contributed by atoms with Crippen molar-refractivity contribution in [2.24, 2.45) is 0 Å². The molecular formula is C17H22ClNOS. The summed E-state index contributed by atoms with van der Waals surface area (Å²) < 4.78 is 5.93. The average Bonchev–Trinajstić information content (AvgIpc) is 2.80. The summed E-state index contributed by atoms with van der Waals surface area (Å²) in [7, 11) is 0. The van der Waals surface area contributed by atoms with Crippen LogP contribution in [0.1, 0.15) is 33.4 Å². The number of halogens is 1. The Morgan fingerprint density at radius 1 is 1.14 bits per heavy atom. The molecule has 0 saturated heterocycles. The molecule has 4 heteroatoms. The SMILES string of the molecule is CCNCc1cc(COc2cc(C)c(Cl)c(C)c2)c(C)s1. The Morgan fingerprint density at radius 2 is 1.81 bits per heavy atom. The van der Waals surface area contributed by atoms with E-state index in [2.05, 4.69) is 25.2 Å². The van der Waals surface area contributed by atoms with Gasteiger partial charge in [-0.15, -0.1) is 11.3 Å². The van der Waals surface area contributed by atoms with Crippen molar-refractivity contribution in [1.29, 1.82) is 0 Å². The molecular weight excluding hydrogens is 302 g/mol. The normalized spacial score (nSPS) is 10.9. The van der Waals surface area contributed by atoms with Gasteiger partial charge in [-0.3, -0.25) is 0 Å². The topological polar surface area (TPSA) is 21.3 Å². The van der Waals surface area contributed by atoms with Gasteiger partial charge in [0.25, 0.3) is 0 Å². The molecule has 0 saturated carbocycles. The lowest BCUT2D eigenvalue weighted by atomic mass is 10.1. The molecule has 0 unspecified atom stereocenters. The number of ether oxygens (including phenoxy) is 1. The Kier molecular flexibility index (Phi) is 5.68. The van der Waals surface area contributed by atoms with Gasteiger partial charge in [0, 0.05) is 26.9 Å². The highest BCUT2D eigenvalue weighted by atomic mass is 35.5. The van der Waals surface area contributed by atoms with Gasteiger partial charge < -0.3 is 10.1 Å². The number of thiophene rings is 1. The Labute approximate surface area is 136 Å². The van der Waals surface area contributed by atoms with E-state index >= 15 is 0 Å². The van der Waals surface area contributed by atoms with Gasteiger partial charge in [-0.05, 0) is 56.6 Å². The molecule has 21 heavy (non-hydrogen) atoms. The summed E-state index contributed by atoms with van der Waals surface area (Å²) in [6, 6.07) is 6.23. The first-order valence-electron chi connectivity index (χ1n) is 7.19. The van der Waals surface area contributed by atoms with Crippen molar-refractivity contribution in [3.05, 3.63) is 49.7 Å². The second-order valence-electron chi connectivity index (χ2n) is 5.23. The molecule has 0 fully saturated rings. The van der Waals surface area contributed by atoms with Crippen molar-refractivity contribution in [2.75, 3.05) is 6.54 Å². The van der Waals surface area contributed by atoms with E-state index in [9.17, 15) is 0 Å². The molecule has 2 aromatic rings. The van der Waals surface area contributed by atoms with Crippen LogP contribution < -0.4 is 10.1 Å². The summed E-state index contributed by atoms with van der Waals surface area (Å²) in [6.45, 7) is 10.8. The van der Waals surface area contributed by atoms with Crippen molar-refractivity contribution < 1.29 is 4.74 Å². The Balaban J connectivity index is 2.04. The van der Waals surface area contributed by atoms with Crippen LogP contribution in [0.2, 0.25) is 5.02 Å². The van der Waals surface area contributed by atoms with Gasteiger partial charge in [-0.2, -0.15) is 0 Å². The van der Waals surface area contributed by atoms with E-state index in [1.165, 1.54) is 15.3 Å². The molecule has 1 aromatic heterocycles. The van der Waals surface area contributed by atoms with E-state index in [-0.39, 0.29) is 0 Å². The average molecular weight is 324 g/mol. The van der Waals surface area contributed by atoms with Gasteiger partial charge in [0.05, 0.1) is 0 Å². The predicted molar refractivity (Wildman–Crippen MR) is 91.7 cm³/mol. The Hall–Kier alpha value is -1.03. The van der Waals surface area contributed by atoms with Crippen molar-refractivity contribution in [2.45, 2.75) is 40.8 Å². The molecule has 0 radical (unpaired) electrons. The van der Waals surface area contributed by atoms with E-state index in [1.54, 1.807) is 0 Å². The number of benzene rings is 1. The van der Waals surface area contributed by atoms with Crippen LogP contribution in [0.3, 0.4) is 0 Å². The first kappa shape index (κ1) is 16.3. The summed E-state index contributed by atoms with van der Waals surface area (Å²) in [6.07, 6.45) is 0. The monoisotopic (exact) mass is 323 g/mol. The number of hydrogen-bond donors (Lipinski definition) is 1. The summed E-state index contributed by atoms with van der Waals surface area (Å²) in [5.41, 5.74) is 3.38. The molecule has 0 amide bonds. The molecule has 0 atom stereocenters. The van der Waals surface area contributed by atoms with E-state index in [0.717, 1.165) is 35.0 Å². The molecule has 2 nitrogen and oxygen atoms in total. The first-order chi connectivity index (χ1) is 10.0. The van der Waals surface area contributed by atoms with Crippen LogP contribution >= 0.6 is 22.9 Å². The van der Waals surface area contributed by atoms with Crippen LogP contribution in [0.4, 0.5) is 0 Å². The van der Waals surface area contributed by atoms with Crippen LogP contribution in [-0.4, -0.2) is 6.54 Å². The molecule has 1 N–H and O–H groups in total. The summed E-state index contributed by atoms with van der Waals surface area (Å²) in [4.78, 5) is 2.68. The van der Waals surface area contributed by atoms with Gasteiger partial charge in [0.15, 0.2) is 0 Å². The van der Waals surface area contributed by atoms with Crippen molar-refractivity contribution in [1.82, 2.24) is 5.32 Å². The molecule has 0 bridgehead atoms. The molecule has 2 rings (SSSR count). The highest BCUT2D eigenvalue weighted by Gasteiger charge is 2.08. The number of rotatable bonds is 6. The molecule has 0 aliphatic rings. The zero-order chi connectivity index (χ0) is 15.4. The minimum Gasteiger partial charge on any atom is -0.489 e. The van der Waals surface area contributed by atoms with Gasteiger partial charge in [0.2, 0.25) is 0 Å². The fourth-order valence-corrected chi connectivity index (χ4v) is 3.34. The maximum Gasteiger partial charge on any atom is 0.120 e. The zero-order valence-corrected chi connectivity index (χ0v) is 14.6. The summed E-state index contributed by atoms with van der Waals surface area (Å²) in [5.74, 6) is 0.883. The van der Waals surface area contributed by atoms with Gasteiger partial charge in [0.1, 0.15) is 12.4 Å². The van der Waals surface area contributed by atoms with Gasteiger partial charge in [-0.1, -0.05) is 18.5 Å². The standard InChI is InChI=1S/C17H22ClNOS/c1-5-19-9-16-8-14(13(4)21-16)10-20-15-6-11(2)17(18)12(3)7-15/h6-8,19H,5,9-10H2,1-4H3. The fraction of sp³-hybridized carbons (Fsp3) is 0.412. The minimum absolute atomic E-state index is 0.606. The third kappa shape index (κ3) is 4.22. The highest BCUT2D eigenvalue weighted by molar-refractivity contribution is 7.12. The van der Waals surface area contributed by atoms with E-state index in [4.69, 9.17) is 16.3 Å². The van der Waals surface area contributed by atoms with E-state index in [0.29, 0.717) is 6.61 Å². The quantitative estimate of drug-likeness (QED) is 0.806. The number of nitrogens with one attached hydrogen (secondary N) is 1.